The van der Waals surface area contributed by atoms with Crippen LogP contribution in [0.3, 0.4) is 0 Å². The first kappa shape index (κ1) is 19.8. The molecule has 0 bridgehead atoms. The summed E-state index contributed by atoms with van der Waals surface area (Å²) < 4.78 is 4.86. The number of rotatable bonds is 4. The van der Waals surface area contributed by atoms with E-state index in [4.69, 9.17) is 17.0 Å². The van der Waals surface area contributed by atoms with Crippen molar-refractivity contribution < 1.29 is 9.53 Å². The number of aryl methyl sites for hydroxylation is 2. The molecule has 1 fully saturated rings. The number of benzene rings is 1. The Kier molecular flexibility index (Phi) is 6.46. The Morgan fingerprint density at radius 2 is 1.85 bits per heavy atom. The SMILES string of the molecule is COC(=O)c1cc(C)sc1NC(=S)N1CCN(Cc2ccc(C)cc2)CC1. The number of anilines is 1. The summed E-state index contributed by atoms with van der Waals surface area (Å²) in [7, 11) is 1.39. The van der Waals surface area contributed by atoms with Crippen LogP contribution < -0.4 is 5.32 Å². The topological polar surface area (TPSA) is 44.8 Å². The molecule has 0 saturated carbocycles. The third kappa shape index (κ3) is 5.06. The number of hydrogen-bond acceptors (Lipinski definition) is 5. The standard InChI is InChI=1S/C20H25N3O2S2/c1-14-4-6-16(7-5-14)13-22-8-10-23(11-9-22)20(26)21-18-17(19(24)25-3)12-15(2)27-18/h4-7,12H,8-11,13H2,1-3H3,(H,21,26). The zero-order valence-corrected chi connectivity index (χ0v) is 17.6. The average molecular weight is 404 g/mol. The number of methoxy groups -OCH3 is 1. The van der Waals surface area contributed by atoms with Gasteiger partial charge in [0.1, 0.15) is 5.00 Å². The molecule has 3 rings (SSSR count). The number of esters is 1. The lowest BCUT2D eigenvalue weighted by atomic mass is 10.1. The van der Waals surface area contributed by atoms with Gasteiger partial charge in [0.2, 0.25) is 0 Å². The van der Waals surface area contributed by atoms with Gasteiger partial charge in [0.15, 0.2) is 5.11 Å². The molecule has 1 N–H and O–H groups in total. The van der Waals surface area contributed by atoms with Crippen molar-refractivity contribution in [3.8, 4) is 0 Å². The van der Waals surface area contributed by atoms with E-state index in [0.717, 1.165) is 42.6 Å². The first-order chi connectivity index (χ1) is 13.0. The number of ether oxygens (including phenoxy) is 1. The molecule has 1 aromatic heterocycles. The molecule has 0 amide bonds. The van der Waals surface area contributed by atoms with Gasteiger partial charge in [-0.2, -0.15) is 0 Å². The number of nitrogens with one attached hydrogen (secondary N) is 1. The summed E-state index contributed by atoms with van der Waals surface area (Å²) in [5.74, 6) is -0.340. The molecule has 2 heterocycles. The second-order valence-electron chi connectivity index (χ2n) is 6.77. The van der Waals surface area contributed by atoms with Gasteiger partial charge < -0.3 is 15.0 Å². The van der Waals surface area contributed by atoms with Gasteiger partial charge in [-0.05, 0) is 37.7 Å². The molecule has 1 aromatic carbocycles. The lowest BCUT2D eigenvalue weighted by molar-refractivity contribution is 0.0602. The second-order valence-corrected chi connectivity index (χ2v) is 8.41. The minimum Gasteiger partial charge on any atom is -0.465 e. The quantitative estimate of drug-likeness (QED) is 0.621. The largest absolute Gasteiger partial charge is 0.465 e. The predicted molar refractivity (Wildman–Crippen MR) is 115 cm³/mol. The molecule has 7 heteroatoms. The van der Waals surface area contributed by atoms with E-state index in [1.54, 1.807) is 0 Å². The summed E-state index contributed by atoms with van der Waals surface area (Å²) in [6.07, 6.45) is 0. The Balaban J connectivity index is 1.54. The van der Waals surface area contributed by atoms with E-state index in [2.05, 4.69) is 46.3 Å². The molecular weight excluding hydrogens is 378 g/mol. The van der Waals surface area contributed by atoms with E-state index in [9.17, 15) is 4.79 Å². The summed E-state index contributed by atoms with van der Waals surface area (Å²) in [5.41, 5.74) is 3.17. The van der Waals surface area contributed by atoms with Crippen molar-refractivity contribution in [3.05, 3.63) is 51.9 Å². The molecule has 2 aromatic rings. The van der Waals surface area contributed by atoms with Crippen molar-refractivity contribution in [1.29, 1.82) is 0 Å². The minimum absolute atomic E-state index is 0.340. The van der Waals surface area contributed by atoms with Gasteiger partial charge in [0.05, 0.1) is 12.7 Å². The number of carbonyl (C=O) groups is 1. The van der Waals surface area contributed by atoms with E-state index in [-0.39, 0.29) is 5.97 Å². The molecular formula is C20H25N3O2S2. The molecule has 1 aliphatic heterocycles. The van der Waals surface area contributed by atoms with Crippen molar-refractivity contribution in [2.24, 2.45) is 0 Å². The van der Waals surface area contributed by atoms with Gasteiger partial charge in [-0.25, -0.2) is 4.79 Å². The van der Waals surface area contributed by atoms with E-state index in [1.807, 2.05) is 13.0 Å². The van der Waals surface area contributed by atoms with Crippen LogP contribution in [0.1, 0.15) is 26.4 Å². The highest BCUT2D eigenvalue weighted by atomic mass is 32.1. The molecule has 0 unspecified atom stereocenters. The van der Waals surface area contributed by atoms with Gasteiger partial charge in [-0.3, -0.25) is 4.90 Å². The van der Waals surface area contributed by atoms with Crippen molar-refractivity contribution in [3.63, 3.8) is 0 Å². The van der Waals surface area contributed by atoms with Gasteiger partial charge in [0, 0.05) is 37.6 Å². The van der Waals surface area contributed by atoms with Crippen LogP contribution in [-0.4, -0.2) is 54.2 Å². The lowest BCUT2D eigenvalue weighted by Gasteiger charge is -2.36. The van der Waals surface area contributed by atoms with Gasteiger partial charge in [-0.15, -0.1) is 11.3 Å². The highest BCUT2D eigenvalue weighted by Crippen LogP contribution is 2.28. The maximum absolute atomic E-state index is 11.9. The van der Waals surface area contributed by atoms with Gasteiger partial charge in [-0.1, -0.05) is 29.8 Å². The zero-order valence-electron chi connectivity index (χ0n) is 15.9. The Morgan fingerprint density at radius 1 is 1.19 bits per heavy atom. The molecule has 0 radical (unpaired) electrons. The normalized spacial score (nSPS) is 14.9. The molecule has 27 heavy (non-hydrogen) atoms. The predicted octanol–water partition coefficient (Wildman–Crippen LogP) is 3.67. The number of thiocarbonyl (C=S) groups is 1. The average Bonchev–Trinajstić information content (AvgIpc) is 3.03. The van der Waals surface area contributed by atoms with Crippen molar-refractivity contribution in [1.82, 2.24) is 9.80 Å². The second kappa shape index (κ2) is 8.82. The van der Waals surface area contributed by atoms with Crippen LogP contribution in [0, 0.1) is 13.8 Å². The van der Waals surface area contributed by atoms with Crippen LogP contribution in [0.25, 0.3) is 0 Å². The third-order valence-corrected chi connectivity index (χ3v) is 5.99. The van der Waals surface area contributed by atoms with E-state index in [1.165, 1.54) is 29.6 Å². The first-order valence-electron chi connectivity index (χ1n) is 8.99. The monoisotopic (exact) mass is 403 g/mol. The fourth-order valence-corrected chi connectivity index (χ4v) is 4.35. The summed E-state index contributed by atoms with van der Waals surface area (Å²) in [4.78, 5) is 17.6. The molecule has 0 atom stereocenters. The number of carbonyl (C=O) groups excluding carboxylic acids is 1. The van der Waals surface area contributed by atoms with Crippen LogP contribution in [0.4, 0.5) is 5.00 Å². The van der Waals surface area contributed by atoms with Crippen LogP contribution in [-0.2, 0) is 11.3 Å². The van der Waals surface area contributed by atoms with Crippen molar-refractivity contribution >= 4 is 39.6 Å². The summed E-state index contributed by atoms with van der Waals surface area (Å²) in [5, 5.41) is 4.66. The fourth-order valence-electron chi connectivity index (χ4n) is 3.11. The van der Waals surface area contributed by atoms with Crippen LogP contribution >= 0.6 is 23.6 Å². The van der Waals surface area contributed by atoms with Gasteiger partial charge >= 0.3 is 5.97 Å². The Morgan fingerprint density at radius 3 is 2.48 bits per heavy atom. The molecule has 144 valence electrons. The summed E-state index contributed by atoms with van der Waals surface area (Å²) >= 11 is 7.10. The molecule has 5 nitrogen and oxygen atoms in total. The Bertz CT molecular complexity index is 809. The first-order valence-corrected chi connectivity index (χ1v) is 10.2. The zero-order chi connectivity index (χ0) is 19.4. The third-order valence-electron chi connectivity index (χ3n) is 4.67. The maximum atomic E-state index is 11.9. The molecule has 1 saturated heterocycles. The number of piperazine rings is 1. The minimum atomic E-state index is -0.340. The summed E-state index contributed by atoms with van der Waals surface area (Å²) in [6, 6.07) is 10.5. The van der Waals surface area contributed by atoms with Crippen LogP contribution in [0.15, 0.2) is 30.3 Å². The van der Waals surface area contributed by atoms with Crippen LogP contribution in [0.5, 0.6) is 0 Å². The van der Waals surface area contributed by atoms with E-state index in [0.29, 0.717) is 10.7 Å². The highest BCUT2D eigenvalue weighted by Gasteiger charge is 2.22. The Labute approximate surface area is 169 Å². The Hall–Kier alpha value is -1.96. The number of nitrogens with zero attached hydrogens (tertiary/aromatic N) is 2. The van der Waals surface area contributed by atoms with Gasteiger partial charge in [0.25, 0.3) is 0 Å². The lowest BCUT2D eigenvalue weighted by Crippen LogP contribution is -2.49. The van der Waals surface area contributed by atoms with E-state index < -0.39 is 0 Å². The smallest absolute Gasteiger partial charge is 0.340 e. The van der Waals surface area contributed by atoms with Crippen LogP contribution in [0.2, 0.25) is 0 Å². The maximum Gasteiger partial charge on any atom is 0.340 e. The molecule has 1 aliphatic rings. The highest BCUT2D eigenvalue weighted by molar-refractivity contribution is 7.80. The van der Waals surface area contributed by atoms with Crippen molar-refractivity contribution in [2.75, 3.05) is 38.6 Å². The number of hydrogen-bond donors (Lipinski definition) is 1. The molecule has 0 spiro atoms. The van der Waals surface area contributed by atoms with Crippen molar-refractivity contribution in [2.45, 2.75) is 20.4 Å². The fraction of sp³-hybridized carbons (Fsp3) is 0.400. The number of thiophene rings is 1. The molecule has 0 aliphatic carbocycles. The summed E-state index contributed by atoms with van der Waals surface area (Å²) in [6.45, 7) is 8.70. The van der Waals surface area contributed by atoms with E-state index >= 15 is 0 Å².